The number of halogens is 1. The van der Waals surface area contributed by atoms with Crippen LogP contribution in [-0.4, -0.2) is 23.3 Å². The summed E-state index contributed by atoms with van der Waals surface area (Å²) >= 11 is 5.93. The van der Waals surface area contributed by atoms with Crippen molar-refractivity contribution in [3.63, 3.8) is 0 Å². The minimum Gasteiger partial charge on any atom is -0.352 e. The zero-order chi connectivity index (χ0) is 15.2. The van der Waals surface area contributed by atoms with Gasteiger partial charge in [-0.3, -0.25) is 14.6 Å². The Bertz CT molecular complexity index is 656. The van der Waals surface area contributed by atoms with E-state index in [4.69, 9.17) is 11.6 Å². The van der Waals surface area contributed by atoms with Crippen LogP contribution in [0.4, 0.5) is 5.69 Å². The Balaban J connectivity index is 2.09. The first-order chi connectivity index (χ1) is 10.1. The number of rotatable bonds is 4. The molecule has 108 valence electrons. The summed E-state index contributed by atoms with van der Waals surface area (Å²) in [5, 5.41) is 5.74. The molecule has 6 heteroatoms. The van der Waals surface area contributed by atoms with Gasteiger partial charge in [0.1, 0.15) is 0 Å². The maximum absolute atomic E-state index is 12.0. The monoisotopic (exact) mass is 303 g/mol. The van der Waals surface area contributed by atoms with Crippen LogP contribution in [0.25, 0.3) is 0 Å². The number of benzene rings is 1. The maximum Gasteiger partial charge on any atom is 0.258 e. The van der Waals surface area contributed by atoms with Crippen molar-refractivity contribution < 1.29 is 9.59 Å². The third-order valence-corrected chi connectivity index (χ3v) is 3.08. The van der Waals surface area contributed by atoms with Gasteiger partial charge in [0.2, 0.25) is 0 Å². The lowest BCUT2D eigenvalue weighted by Gasteiger charge is -2.07. The van der Waals surface area contributed by atoms with E-state index in [9.17, 15) is 9.59 Å². The number of amides is 2. The highest BCUT2D eigenvalue weighted by Gasteiger charge is 2.11. The van der Waals surface area contributed by atoms with Crippen LogP contribution in [0.15, 0.2) is 42.7 Å². The van der Waals surface area contributed by atoms with E-state index in [1.165, 1.54) is 12.4 Å². The molecule has 2 rings (SSSR count). The molecule has 2 N–H and O–H groups in total. The molecule has 0 saturated carbocycles. The summed E-state index contributed by atoms with van der Waals surface area (Å²) in [6, 6.07) is 8.16. The summed E-state index contributed by atoms with van der Waals surface area (Å²) < 4.78 is 0. The zero-order valence-corrected chi connectivity index (χ0v) is 12.1. The van der Waals surface area contributed by atoms with Gasteiger partial charge in [0, 0.05) is 30.2 Å². The summed E-state index contributed by atoms with van der Waals surface area (Å²) in [6.45, 7) is 2.42. The first-order valence-electron chi connectivity index (χ1n) is 6.41. The molecule has 0 aliphatic carbocycles. The Labute approximate surface area is 127 Å². The van der Waals surface area contributed by atoms with Crippen molar-refractivity contribution >= 4 is 29.1 Å². The van der Waals surface area contributed by atoms with Crippen LogP contribution < -0.4 is 10.6 Å². The molecule has 5 nitrogen and oxygen atoms in total. The summed E-state index contributed by atoms with van der Waals surface area (Å²) in [5.74, 6) is -0.496. The minimum absolute atomic E-state index is 0.148. The van der Waals surface area contributed by atoms with E-state index >= 15 is 0 Å². The van der Waals surface area contributed by atoms with E-state index < -0.39 is 0 Å². The summed E-state index contributed by atoms with van der Waals surface area (Å²) in [5.41, 5.74) is 1.41. The van der Waals surface area contributed by atoms with Crippen molar-refractivity contribution in [1.29, 1.82) is 0 Å². The number of hydrogen-bond donors (Lipinski definition) is 2. The van der Waals surface area contributed by atoms with Gasteiger partial charge in [0.15, 0.2) is 0 Å². The van der Waals surface area contributed by atoms with Gasteiger partial charge in [-0.1, -0.05) is 11.6 Å². The zero-order valence-electron chi connectivity index (χ0n) is 11.4. The van der Waals surface area contributed by atoms with Crippen molar-refractivity contribution in [3.8, 4) is 0 Å². The predicted octanol–water partition coefficient (Wildman–Crippen LogP) is 2.74. The second-order valence-electron chi connectivity index (χ2n) is 4.25. The molecule has 0 fully saturated rings. The van der Waals surface area contributed by atoms with Gasteiger partial charge in [-0.05, 0) is 37.3 Å². The van der Waals surface area contributed by atoms with Crippen LogP contribution in [0.3, 0.4) is 0 Å². The number of nitrogens with zero attached hydrogens (tertiary/aromatic N) is 1. The third-order valence-electron chi connectivity index (χ3n) is 2.75. The van der Waals surface area contributed by atoms with Gasteiger partial charge in [0.25, 0.3) is 11.8 Å². The van der Waals surface area contributed by atoms with Gasteiger partial charge in [-0.15, -0.1) is 0 Å². The Morgan fingerprint density at radius 1 is 1.14 bits per heavy atom. The van der Waals surface area contributed by atoms with Crippen LogP contribution in [0.2, 0.25) is 5.02 Å². The highest BCUT2D eigenvalue weighted by molar-refractivity contribution is 6.34. The fourth-order valence-corrected chi connectivity index (χ4v) is 1.90. The average molecular weight is 304 g/mol. The van der Waals surface area contributed by atoms with E-state index in [1.807, 2.05) is 6.92 Å². The second-order valence-corrected chi connectivity index (χ2v) is 4.65. The lowest BCUT2D eigenvalue weighted by atomic mass is 10.2. The molecule has 0 atom stereocenters. The topological polar surface area (TPSA) is 71.1 Å². The maximum atomic E-state index is 12.0. The summed E-state index contributed by atoms with van der Waals surface area (Å²) in [7, 11) is 0. The standard InChI is InChI=1S/C15H14ClN3O2/c1-2-18-14(20)10-3-5-11(6-4-10)19-15(21)12-9-17-8-7-13(12)16/h3-9H,2H2,1H3,(H,18,20)(H,19,21). The Morgan fingerprint density at radius 3 is 2.48 bits per heavy atom. The normalized spacial score (nSPS) is 10.0. The van der Waals surface area contributed by atoms with Crippen LogP contribution >= 0.6 is 11.6 Å². The van der Waals surface area contributed by atoms with Gasteiger partial charge in [-0.2, -0.15) is 0 Å². The Morgan fingerprint density at radius 2 is 1.86 bits per heavy atom. The van der Waals surface area contributed by atoms with Crippen molar-refractivity contribution in [2.75, 3.05) is 11.9 Å². The molecule has 21 heavy (non-hydrogen) atoms. The molecule has 2 aromatic rings. The predicted molar refractivity (Wildman–Crippen MR) is 81.6 cm³/mol. The fraction of sp³-hybridized carbons (Fsp3) is 0.133. The first kappa shape index (κ1) is 15.0. The molecular weight excluding hydrogens is 290 g/mol. The van der Waals surface area contributed by atoms with Crippen molar-refractivity contribution in [1.82, 2.24) is 10.3 Å². The molecule has 0 spiro atoms. The summed E-state index contributed by atoms with van der Waals surface area (Å²) in [4.78, 5) is 27.5. The number of aromatic nitrogens is 1. The molecule has 2 amide bonds. The molecule has 1 heterocycles. The highest BCUT2D eigenvalue weighted by atomic mass is 35.5. The Kier molecular flexibility index (Phi) is 4.90. The molecule has 0 aliphatic rings. The number of hydrogen-bond acceptors (Lipinski definition) is 3. The van der Waals surface area contributed by atoms with Gasteiger partial charge in [0.05, 0.1) is 10.6 Å². The highest BCUT2D eigenvalue weighted by Crippen LogP contribution is 2.16. The first-order valence-corrected chi connectivity index (χ1v) is 6.78. The molecule has 0 aliphatic heterocycles. The number of pyridine rings is 1. The van der Waals surface area contributed by atoms with E-state index in [0.29, 0.717) is 28.4 Å². The SMILES string of the molecule is CCNC(=O)c1ccc(NC(=O)c2cnccc2Cl)cc1. The van der Waals surface area contributed by atoms with E-state index in [0.717, 1.165) is 0 Å². The fourth-order valence-electron chi connectivity index (χ4n) is 1.71. The van der Waals surface area contributed by atoms with Crippen LogP contribution in [0, 0.1) is 0 Å². The largest absolute Gasteiger partial charge is 0.352 e. The lowest BCUT2D eigenvalue weighted by molar-refractivity contribution is 0.0955. The smallest absolute Gasteiger partial charge is 0.258 e. The lowest BCUT2D eigenvalue weighted by Crippen LogP contribution is -2.22. The van der Waals surface area contributed by atoms with Crippen LogP contribution in [0.1, 0.15) is 27.6 Å². The van der Waals surface area contributed by atoms with E-state index in [1.54, 1.807) is 30.3 Å². The van der Waals surface area contributed by atoms with E-state index in [-0.39, 0.29) is 11.8 Å². The van der Waals surface area contributed by atoms with Crippen molar-refractivity contribution in [2.24, 2.45) is 0 Å². The number of nitrogens with one attached hydrogen (secondary N) is 2. The van der Waals surface area contributed by atoms with E-state index in [2.05, 4.69) is 15.6 Å². The van der Waals surface area contributed by atoms with Gasteiger partial charge >= 0.3 is 0 Å². The third kappa shape index (κ3) is 3.79. The second kappa shape index (κ2) is 6.85. The van der Waals surface area contributed by atoms with Gasteiger partial charge < -0.3 is 10.6 Å². The van der Waals surface area contributed by atoms with Crippen LogP contribution in [0.5, 0.6) is 0 Å². The molecule has 0 saturated heterocycles. The number of carbonyl (C=O) groups excluding carboxylic acids is 2. The molecule has 0 unspecified atom stereocenters. The molecule has 1 aromatic heterocycles. The van der Waals surface area contributed by atoms with Crippen molar-refractivity contribution in [2.45, 2.75) is 6.92 Å². The molecule has 1 aromatic carbocycles. The number of anilines is 1. The average Bonchev–Trinajstić information content (AvgIpc) is 2.48. The molecule has 0 bridgehead atoms. The minimum atomic E-state index is -0.348. The molecular formula is C15H14ClN3O2. The molecule has 0 radical (unpaired) electrons. The summed E-state index contributed by atoms with van der Waals surface area (Å²) in [6.07, 6.45) is 2.92. The quantitative estimate of drug-likeness (QED) is 0.912. The van der Waals surface area contributed by atoms with Crippen molar-refractivity contribution in [3.05, 3.63) is 58.9 Å². The Hall–Kier alpha value is -2.40. The van der Waals surface area contributed by atoms with Gasteiger partial charge in [-0.25, -0.2) is 0 Å². The van der Waals surface area contributed by atoms with Crippen LogP contribution in [-0.2, 0) is 0 Å². The number of carbonyl (C=O) groups is 2.